The maximum atomic E-state index is 10.7. The fourth-order valence-corrected chi connectivity index (χ4v) is 2.21. The van der Waals surface area contributed by atoms with Crippen molar-refractivity contribution in [2.45, 2.75) is 6.42 Å². The molecule has 1 N–H and O–H groups in total. The molecule has 1 aliphatic heterocycles. The molecule has 5 nitrogen and oxygen atoms in total. The van der Waals surface area contributed by atoms with E-state index in [-0.39, 0.29) is 5.76 Å². The zero-order valence-electron chi connectivity index (χ0n) is 9.14. The van der Waals surface area contributed by atoms with E-state index in [2.05, 4.69) is 5.16 Å². The molecule has 0 amide bonds. The second-order valence-electron chi connectivity index (χ2n) is 3.93. The van der Waals surface area contributed by atoms with Gasteiger partial charge in [-0.1, -0.05) is 16.8 Å². The SMILES string of the molecule is O=C(O)c1cc(-c2cc(Cl)c3c(c2)CCO3)no1. The van der Waals surface area contributed by atoms with Crippen molar-refractivity contribution in [3.05, 3.63) is 34.5 Å². The summed E-state index contributed by atoms with van der Waals surface area (Å²) in [6, 6.07) is 4.95. The van der Waals surface area contributed by atoms with Crippen LogP contribution in [0.15, 0.2) is 22.7 Å². The highest BCUT2D eigenvalue weighted by atomic mass is 35.5. The number of benzene rings is 1. The molecule has 2 aromatic rings. The van der Waals surface area contributed by atoms with Gasteiger partial charge in [-0.3, -0.25) is 0 Å². The van der Waals surface area contributed by atoms with Crippen molar-refractivity contribution in [2.75, 3.05) is 6.61 Å². The van der Waals surface area contributed by atoms with Crippen molar-refractivity contribution in [3.63, 3.8) is 0 Å². The van der Waals surface area contributed by atoms with E-state index in [0.29, 0.717) is 23.1 Å². The van der Waals surface area contributed by atoms with Crippen LogP contribution < -0.4 is 4.74 Å². The quantitative estimate of drug-likeness (QED) is 0.904. The molecule has 6 heteroatoms. The fourth-order valence-electron chi connectivity index (χ4n) is 1.92. The van der Waals surface area contributed by atoms with Crippen molar-refractivity contribution in [3.8, 4) is 17.0 Å². The predicted octanol–water partition coefficient (Wildman–Crippen LogP) is 2.63. The molecule has 0 atom stereocenters. The first-order chi connectivity index (χ1) is 8.65. The fraction of sp³-hybridized carbons (Fsp3) is 0.167. The second-order valence-corrected chi connectivity index (χ2v) is 4.33. The number of carboxylic acids is 1. The van der Waals surface area contributed by atoms with Gasteiger partial charge >= 0.3 is 5.97 Å². The van der Waals surface area contributed by atoms with Gasteiger partial charge in [-0.05, 0) is 17.7 Å². The Bertz CT molecular complexity index is 635. The summed E-state index contributed by atoms with van der Waals surface area (Å²) < 4.78 is 10.1. The minimum Gasteiger partial charge on any atom is -0.491 e. The van der Waals surface area contributed by atoms with Crippen LogP contribution in [0.1, 0.15) is 16.1 Å². The third-order valence-electron chi connectivity index (χ3n) is 2.76. The average molecular weight is 266 g/mol. The molecule has 0 unspecified atom stereocenters. The van der Waals surface area contributed by atoms with Crippen LogP contribution in [0, 0.1) is 0 Å². The van der Waals surface area contributed by atoms with E-state index in [0.717, 1.165) is 17.5 Å². The maximum absolute atomic E-state index is 10.7. The van der Waals surface area contributed by atoms with Gasteiger partial charge in [0.05, 0.1) is 11.6 Å². The van der Waals surface area contributed by atoms with Gasteiger partial charge in [-0.25, -0.2) is 4.79 Å². The molecule has 1 aromatic heterocycles. The third-order valence-corrected chi connectivity index (χ3v) is 3.04. The van der Waals surface area contributed by atoms with E-state index in [1.165, 1.54) is 6.07 Å². The van der Waals surface area contributed by atoms with Crippen LogP contribution in [-0.4, -0.2) is 22.8 Å². The van der Waals surface area contributed by atoms with Gasteiger partial charge < -0.3 is 14.4 Å². The lowest BCUT2D eigenvalue weighted by Gasteiger charge is -2.03. The highest BCUT2D eigenvalue weighted by molar-refractivity contribution is 6.32. The number of aromatic carboxylic acids is 1. The number of fused-ring (bicyclic) bond motifs is 1. The minimum absolute atomic E-state index is 0.196. The lowest BCUT2D eigenvalue weighted by atomic mass is 10.1. The Morgan fingerprint density at radius 1 is 1.39 bits per heavy atom. The summed E-state index contributed by atoms with van der Waals surface area (Å²) in [5, 5.41) is 13.0. The molecule has 1 aliphatic rings. The van der Waals surface area contributed by atoms with Gasteiger partial charge in [-0.2, -0.15) is 0 Å². The normalized spacial score (nSPS) is 13.2. The lowest BCUT2D eigenvalue weighted by molar-refractivity contribution is 0.0652. The van der Waals surface area contributed by atoms with Crippen LogP contribution in [0.3, 0.4) is 0 Å². The lowest BCUT2D eigenvalue weighted by Crippen LogP contribution is -1.91. The van der Waals surface area contributed by atoms with Crippen LogP contribution >= 0.6 is 11.6 Å². The molecule has 3 rings (SSSR count). The summed E-state index contributed by atoms with van der Waals surface area (Å²) in [6.07, 6.45) is 0.784. The predicted molar refractivity (Wildman–Crippen MR) is 63.1 cm³/mol. The summed E-state index contributed by atoms with van der Waals surface area (Å²) in [5.41, 5.74) is 2.17. The Kier molecular flexibility index (Phi) is 2.48. The van der Waals surface area contributed by atoms with Gasteiger partial charge in [0.2, 0.25) is 5.76 Å². The number of aromatic nitrogens is 1. The van der Waals surface area contributed by atoms with E-state index in [9.17, 15) is 4.79 Å². The van der Waals surface area contributed by atoms with E-state index >= 15 is 0 Å². The number of carboxylic acid groups (broad SMARTS) is 1. The van der Waals surface area contributed by atoms with Gasteiger partial charge in [-0.15, -0.1) is 0 Å². The molecule has 0 saturated carbocycles. The first kappa shape index (κ1) is 11.1. The van der Waals surface area contributed by atoms with Crippen LogP contribution in [0.5, 0.6) is 5.75 Å². The summed E-state index contributed by atoms with van der Waals surface area (Å²) in [4.78, 5) is 10.7. The van der Waals surface area contributed by atoms with Crippen LogP contribution in [0.2, 0.25) is 5.02 Å². The van der Waals surface area contributed by atoms with Crippen molar-refractivity contribution >= 4 is 17.6 Å². The Balaban J connectivity index is 2.06. The number of ether oxygens (including phenoxy) is 1. The highest BCUT2D eigenvalue weighted by Gasteiger charge is 2.19. The number of nitrogens with zero attached hydrogens (tertiary/aromatic N) is 1. The third kappa shape index (κ3) is 1.73. The van der Waals surface area contributed by atoms with Crippen molar-refractivity contribution in [1.82, 2.24) is 5.16 Å². The summed E-state index contributed by atoms with van der Waals surface area (Å²) in [5.74, 6) is -0.649. The Labute approximate surface area is 107 Å². The topological polar surface area (TPSA) is 72.6 Å². The van der Waals surface area contributed by atoms with Gasteiger partial charge in [0.25, 0.3) is 0 Å². The molecule has 92 valence electrons. The minimum atomic E-state index is -1.15. The molecule has 18 heavy (non-hydrogen) atoms. The monoisotopic (exact) mass is 265 g/mol. The molecule has 0 spiro atoms. The van der Waals surface area contributed by atoms with E-state index in [1.54, 1.807) is 6.07 Å². The molecular formula is C12H8ClNO4. The Morgan fingerprint density at radius 3 is 2.94 bits per heavy atom. The van der Waals surface area contributed by atoms with Crippen LogP contribution in [0.4, 0.5) is 0 Å². The zero-order chi connectivity index (χ0) is 12.7. The smallest absolute Gasteiger partial charge is 0.374 e. The number of carbonyl (C=O) groups is 1. The van der Waals surface area contributed by atoms with Crippen molar-refractivity contribution in [2.24, 2.45) is 0 Å². The maximum Gasteiger partial charge on any atom is 0.374 e. The Hall–Kier alpha value is -2.01. The molecule has 0 saturated heterocycles. The van der Waals surface area contributed by atoms with Gasteiger partial charge in [0.1, 0.15) is 11.4 Å². The number of hydrogen-bond acceptors (Lipinski definition) is 4. The van der Waals surface area contributed by atoms with Crippen LogP contribution in [-0.2, 0) is 6.42 Å². The molecule has 0 bridgehead atoms. The average Bonchev–Trinajstić information content (AvgIpc) is 2.97. The van der Waals surface area contributed by atoms with Crippen molar-refractivity contribution in [1.29, 1.82) is 0 Å². The zero-order valence-corrected chi connectivity index (χ0v) is 9.90. The largest absolute Gasteiger partial charge is 0.491 e. The molecular weight excluding hydrogens is 258 g/mol. The molecule has 1 aromatic carbocycles. The molecule has 0 fully saturated rings. The summed E-state index contributed by atoms with van der Waals surface area (Å²) in [7, 11) is 0. The van der Waals surface area contributed by atoms with Crippen molar-refractivity contribution < 1.29 is 19.2 Å². The number of halogens is 1. The number of hydrogen-bond donors (Lipinski definition) is 1. The van der Waals surface area contributed by atoms with E-state index in [1.807, 2.05) is 6.07 Å². The molecule has 0 radical (unpaired) electrons. The number of rotatable bonds is 2. The second kappa shape index (κ2) is 4.03. The van der Waals surface area contributed by atoms with E-state index < -0.39 is 5.97 Å². The van der Waals surface area contributed by atoms with Gasteiger partial charge in [0.15, 0.2) is 0 Å². The first-order valence-corrected chi connectivity index (χ1v) is 5.68. The Morgan fingerprint density at radius 2 is 2.22 bits per heavy atom. The standard InChI is InChI=1S/C12H8ClNO4/c13-8-4-7(3-6-1-2-17-11(6)8)9-5-10(12(15)16)18-14-9/h3-5H,1-2H2,(H,15,16). The highest BCUT2D eigenvalue weighted by Crippen LogP contribution is 2.37. The first-order valence-electron chi connectivity index (χ1n) is 5.31. The summed E-state index contributed by atoms with van der Waals surface area (Å²) >= 11 is 6.09. The molecule has 0 aliphatic carbocycles. The molecule has 2 heterocycles. The van der Waals surface area contributed by atoms with E-state index in [4.69, 9.17) is 26.0 Å². The summed E-state index contributed by atoms with van der Waals surface area (Å²) in [6.45, 7) is 0.609. The van der Waals surface area contributed by atoms with Gasteiger partial charge in [0, 0.05) is 18.1 Å². The van der Waals surface area contributed by atoms with Crippen LogP contribution in [0.25, 0.3) is 11.3 Å².